The number of amides is 1. The van der Waals surface area contributed by atoms with E-state index in [-0.39, 0.29) is 24.2 Å². The monoisotopic (exact) mass is 511 g/mol. The Kier molecular flexibility index (Phi) is 7.43. The minimum atomic E-state index is -0.863. The summed E-state index contributed by atoms with van der Waals surface area (Å²) in [6, 6.07) is 24.1. The zero-order valence-electron chi connectivity index (χ0n) is 23.6. The standard InChI is InChI=1S/C33H38N2O3/c1-34(2)29-16-14-27(15-17-29)26-11-7-24(8-12-26)22-35(33(37)31-21-25-9-13-28(31)19-25)30-6-4-5-23(20-30)10-18-32(36)38-3/h4-8,11-12,14-17,20,25,28,31H,9-10,13,18-19,21-22H2,1-3H3/i22D. The number of aryl methyl sites for hydroxylation is 1. The molecule has 4 unspecified atom stereocenters. The van der Waals surface area contributed by atoms with E-state index in [0.717, 1.165) is 47.2 Å². The number of rotatable bonds is 9. The molecule has 5 nitrogen and oxygen atoms in total. The fraction of sp³-hybridized carbons (Fsp3) is 0.394. The lowest BCUT2D eigenvalue weighted by atomic mass is 9.87. The van der Waals surface area contributed by atoms with Gasteiger partial charge in [-0.05, 0) is 84.0 Å². The first-order valence-corrected chi connectivity index (χ1v) is 13.6. The maximum atomic E-state index is 14.1. The van der Waals surface area contributed by atoms with Gasteiger partial charge in [-0.2, -0.15) is 0 Å². The molecule has 0 N–H and O–H groups in total. The predicted molar refractivity (Wildman–Crippen MR) is 153 cm³/mol. The maximum Gasteiger partial charge on any atom is 0.305 e. The van der Waals surface area contributed by atoms with Crippen LogP contribution in [0, 0.1) is 17.8 Å². The molecule has 5 rings (SSSR count). The molecule has 0 spiro atoms. The van der Waals surface area contributed by atoms with E-state index in [2.05, 4.69) is 29.2 Å². The van der Waals surface area contributed by atoms with Gasteiger partial charge in [-0.3, -0.25) is 9.59 Å². The van der Waals surface area contributed by atoms with Crippen molar-refractivity contribution in [3.63, 3.8) is 0 Å². The Balaban J connectivity index is 1.42. The molecule has 198 valence electrons. The smallest absolute Gasteiger partial charge is 0.305 e. The number of esters is 1. The Morgan fingerprint density at radius 2 is 1.61 bits per heavy atom. The summed E-state index contributed by atoms with van der Waals surface area (Å²) < 4.78 is 14.1. The van der Waals surface area contributed by atoms with Crippen LogP contribution in [0.5, 0.6) is 0 Å². The van der Waals surface area contributed by atoms with Crippen LogP contribution >= 0.6 is 0 Å². The summed E-state index contributed by atoms with van der Waals surface area (Å²) in [4.78, 5) is 29.5. The van der Waals surface area contributed by atoms with Gasteiger partial charge in [0.15, 0.2) is 0 Å². The van der Waals surface area contributed by atoms with Crippen LogP contribution in [0.25, 0.3) is 11.1 Å². The SMILES string of the molecule is [2H]C(c1ccc(-c2ccc(N(C)C)cc2)cc1)N(C(=O)C1CC2CCC1C2)c1cccc(CCC(=O)OC)c1. The van der Waals surface area contributed by atoms with Crippen LogP contribution < -0.4 is 9.80 Å². The van der Waals surface area contributed by atoms with Crippen molar-refractivity contribution in [1.82, 2.24) is 0 Å². The number of ether oxygens (including phenoxy) is 1. The third kappa shape index (κ3) is 5.77. The number of carbonyl (C=O) groups excluding carboxylic acids is 2. The molecule has 0 heterocycles. The first-order chi connectivity index (χ1) is 18.8. The van der Waals surface area contributed by atoms with E-state index in [1.54, 1.807) is 4.90 Å². The summed E-state index contributed by atoms with van der Waals surface area (Å²) in [6.07, 6.45) is 5.20. The van der Waals surface area contributed by atoms with E-state index in [1.165, 1.54) is 13.5 Å². The molecule has 2 saturated carbocycles. The van der Waals surface area contributed by atoms with Crippen LogP contribution in [0.1, 0.15) is 44.6 Å². The zero-order chi connectivity index (χ0) is 27.5. The molecular formula is C33H38N2O3. The number of hydrogen-bond donors (Lipinski definition) is 0. The third-order valence-corrected chi connectivity index (χ3v) is 8.23. The molecule has 38 heavy (non-hydrogen) atoms. The van der Waals surface area contributed by atoms with Crippen molar-refractivity contribution >= 4 is 23.3 Å². The Labute approximate surface area is 227 Å². The average Bonchev–Trinajstić information content (AvgIpc) is 3.60. The summed E-state index contributed by atoms with van der Waals surface area (Å²) in [5.41, 5.74) is 5.78. The van der Waals surface area contributed by atoms with Crippen LogP contribution in [0.3, 0.4) is 0 Å². The largest absolute Gasteiger partial charge is 0.469 e. The fourth-order valence-corrected chi connectivity index (χ4v) is 6.06. The second kappa shape index (κ2) is 11.4. The van der Waals surface area contributed by atoms with Gasteiger partial charge in [-0.25, -0.2) is 0 Å². The number of fused-ring (bicyclic) bond motifs is 2. The van der Waals surface area contributed by atoms with Gasteiger partial charge in [0.2, 0.25) is 5.91 Å². The van der Waals surface area contributed by atoms with Crippen molar-refractivity contribution in [2.24, 2.45) is 17.8 Å². The minimum Gasteiger partial charge on any atom is -0.469 e. The van der Waals surface area contributed by atoms with Crippen molar-refractivity contribution in [2.45, 2.75) is 45.0 Å². The molecule has 5 heteroatoms. The Hall–Kier alpha value is -3.60. The maximum absolute atomic E-state index is 14.1. The highest BCUT2D eigenvalue weighted by Gasteiger charge is 2.44. The summed E-state index contributed by atoms with van der Waals surface area (Å²) in [5, 5.41) is 0. The number of benzene rings is 3. The molecule has 3 aromatic carbocycles. The highest BCUT2D eigenvalue weighted by Crippen LogP contribution is 2.49. The van der Waals surface area contributed by atoms with E-state index in [1.807, 2.05) is 62.6 Å². The van der Waals surface area contributed by atoms with Gasteiger partial charge in [0.25, 0.3) is 0 Å². The molecule has 0 saturated heterocycles. The molecule has 0 radical (unpaired) electrons. The number of methoxy groups -OCH3 is 1. The fourth-order valence-electron chi connectivity index (χ4n) is 6.06. The van der Waals surface area contributed by atoms with Gasteiger partial charge in [-0.15, -0.1) is 0 Å². The summed E-state index contributed by atoms with van der Waals surface area (Å²) in [5.74, 6) is 0.831. The predicted octanol–water partition coefficient (Wildman–Crippen LogP) is 6.49. The first kappa shape index (κ1) is 24.7. The van der Waals surface area contributed by atoms with E-state index in [0.29, 0.717) is 23.9 Å². The topological polar surface area (TPSA) is 49.9 Å². The Morgan fingerprint density at radius 1 is 0.895 bits per heavy atom. The van der Waals surface area contributed by atoms with Crippen LogP contribution in [0.2, 0.25) is 0 Å². The molecule has 1 amide bonds. The van der Waals surface area contributed by atoms with Crippen molar-refractivity contribution in [3.05, 3.63) is 83.9 Å². The van der Waals surface area contributed by atoms with E-state index in [4.69, 9.17) is 4.74 Å². The molecule has 2 fully saturated rings. The van der Waals surface area contributed by atoms with Crippen molar-refractivity contribution in [1.29, 1.82) is 0 Å². The molecule has 0 aliphatic heterocycles. The van der Waals surface area contributed by atoms with E-state index in [9.17, 15) is 11.0 Å². The molecule has 4 atom stereocenters. The van der Waals surface area contributed by atoms with Crippen molar-refractivity contribution in [2.75, 3.05) is 31.0 Å². The lowest BCUT2D eigenvalue weighted by Gasteiger charge is -2.30. The number of nitrogens with zero attached hydrogens (tertiary/aromatic N) is 2. The third-order valence-electron chi connectivity index (χ3n) is 8.23. The molecular weight excluding hydrogens is 472 g/mol. The Morgan fingerprint density at radius 3 is 2.21 bits per heavy atom. The van der Waals surface area contributed by atoms with Crippen molar-refractivity contribution < 1.29 is 15.7 Å². The van der Waals surface area contributed by atoms with Crippen LogP contribution in [-0.2, 0) is 27.3 Å². The number of hydrogen-bond acceptors (Lipinski definition) is 4. The lowest BCUT2D eigenvalue weighted by molar-refractivity contribution is -0.140. The number of carbonyl (C=O) groups is 2. The summed E-state index contributed by atoms with van der Waals surface area (Å²) in [7, 11) is 5.44. The molecule has 2 bridgehead atoms. The van der Waals surface area contributed by atoms with Gasteiger partial charge in [0.05, 0.1) is 15.0 Å². The van der Waals surface area contributed by atoms with E-state index < -0.39 is 6.52 Å². The Bertz CT molecular complexity index is 1310. The highest BCUT2D eigenvalue weighted by atomic mass is 16.5. The zero-order valence-corrected chi connectivity index (χ0v) is 22.6. The van der Waals surface area contributed by atoms with Gasteiger partial charge in [0, 0.05) is 37.8 Å². The van der Waals surface area contributed by atoms with E-state index >= 15 is 0 Å². The number of anilines is 2. The van der Waals surface area contributed by atoms with Crippen LogP contribution in [0.15, 0.2) is 72.8 Å². The minimum absolute atomic E-state index is 0.0233. The molecule has 2 aliphatic carbocycles. The molecule has 0 aromatic heterocycles. The molecule has 2 aliphatic rings. The lowest BCUT2D eigenvalue weighted by Crippen LogP contribution is -2.38. The van der Waals surface area contributed by atoms with Crippen molar-refractivity contribution in [3.8, 4) is 11.1 Å². The molecule has 3 aromatic rings. The highest BCUT2D eigenvalue weighted by molar-refractivity contribution is 5.95. The second-order valence-electron chi connectivity index (χ2n) is 10.9. The van der Waals surface area contributed by atoms with Crippen LogP contribution in [-0.4, -0.2) is 33.1 Å². The van der Waals surface area contributed by atoms with Crippen LogP contribution in [0.4, 0.5) is 11.4 Å². The quantitative estimate of drug-likeness (QED) is 0.308. The summed E-state index contributed by atoms with van der Waals surface area (Å²) >= 11 is 0. The average molecular weight is 512 g/mol. The first-order valence-electron chi connectivity index (χ1n) is 14.2. The second-order valence-corrected chi connectivity index (χ2v) is 10.9. The van der Waals surface area contributed by atoms with Gasteiger partial charge >= 0.3 is 5.97 Å². The van der Waals surface area contributed by atoms with Gasteiger partial charge in [-0.1, -0.05) is 55.0 Å². The van der Waals surface area contributed by atoms with Gasteiger partial charge in [0.1, 0.15) is 0 Å². The van der Waals surface area contributed by atoms with Gasteiger partial charge < -0.3 is 14.5 Å². The normalized spacial score (nSPS) is 21.0. The summed E-state index contributed by atoms with van der Waals surface area (Å²) in [6.45, 7) is -0.863.